The van der Waals surface area contributed by atoms with E-state index in [4.69, 9.17) is 9.47 Å². The molecule has 5 heteroatoms. The van der Waals surface area contributed by atoms with Gasteiger partial charge in [0.15, 0.2) is 17.3 Å². The fourth-order valence-electron chi connectivity index (χ4n) is 4.45. The standard InChI is InChI=1S/C22H21NO4/c1-22(2)9-16-21(17(25)10-22)20(12-4-3-5-13(24)6-12)14-7-18-19(27-11-26-18)8-15(14)23-16/h3-8,20,23-24H,9-11H2,1-2H3/t20-/m0/s1. The third-order valence-corrected chi connectivity index (χ3v) is 5.55. The predicted octanol–water partition coefficient (Wildman–Crippen LogP) is 4.32. The van der Waals surface area contributed by atoms with Crippen molar-refractivity contribution in [2.45, 2.75) is 32.6 Å². The highest BCUT2D eigenvalue weighted by molar-refractivity contribution is 6.01. The number of rotatable bonds is 1. The molecule has 1 aliphatic carbocycles. The Morgan fingerprint density at radius 3 is 2.67 bits per heavy atom. The van der Waals surface area contributed by atoms with Crippen LogP contribution in [0.5, 0.6) is 17.2 Å². The zero-order chi connectivity index (χ0) is 18.8. The Kier molecular flexibility index (Phi) is 3.32. The molecule has 5 nitrogen and oxygen atoms in total. The highest BCUT2D eigenvalue weighted by atomic mass is 16.7. The van der Waals surface area contributed by atoms with Crippen molar-refractivity contribution in [1.29, 1.82) is 0 Å². The van der Waals surface area contributed by atoms with Crippen LogP contribution in [0.2, 0.25) is 0 Å². The van der Waals surface area contributed by atoms with Gasteiger partial charge < -0.3 is 19.9 Å². The molecule has 1 atom stereocenters. The number of phenols is 1. The number of ether oxygens (including phenoxy) is 2. The van der Waals surface area contributed by atoms with Gasteiger partial charge in [-0.3, -0.25) is 4.79 Å². The zero-order valence-electron chi connectivity index (χ0n) is 15.3. The fourth-order valence-corrected chi connectivity index (χ4v) is 4.45. The molecule has 3 aliphatic rings. The molecule has 0 saturated carbocycles. The molecule has 0 fully saturated rings. The number of benzene rings is 2. The van der Waals surface area contributed by atoms with Crippen LogP contribution in [0.15, 0.2) is 47.7 Å². The van der Waals surface area contributed by atoms with E-state index in [9.17, 15) is 9.90 Å². The fraction of sp³-hybridized carbons (Fsp3) is 0.318. The minimum atomic E-state index is -0.235. The number of allylic oxidation sites excluding steroid dienone is 2. The van der Waals surface area contributed by atoms with Crippen LogP contribution in [0.3, 0.4) is 0 Å². The quantitative estimate of drug-likeness (QED) is 0.790. The largest absolute Gasteiger partial charge is 0.508 e. The molecule has 2 aromatic rings. The summed E-state index contributed by atoms with van der Waals surface area (Å²) in [4.78, 5) is 13.1. The highest BCUT2D eigenvalue weighted by Gasteiger charge is 2.41. The summed E-state index contributed by atoms with van der Waals surface area (Å²) in [5.74, 6) is 1.51. The molecule has 138 valence electrons. The normalized spacial score (nSPS) is 22.1. The van der Waals surface area contributed by atoms with Gasteiger partial charge in [-0.05, 0) is 41.2 Å². The van der Waals surface area contributed by atoms with Gasteiger partial charge in [0.2, 0.25) is 6.79 Å². The number of carbonyl (C=O) groups is 1. The predicted molar refractivity (Wildman–Crippen MR) is 101 cm³/mol. The second-order valence-electron chi connectivity index (χ2n) is 8.28. The van der Waals surface area contributed by atoms with Crippen LogP contribution in [-0.2, 0) is 4.79 Å². The molecule has 0 bridgehead atoms. The van der Waals surface area contributed by atoms with Crippen molar-refractivity contribution in [3.05, 3.63) is 58.8 Å². The molecule has 0 spiro atoms. The number of nitrogens with one attached hydrogen (secondary N) is 1. The van der Waals surface area contributed by atoms with Crippen molar-refractivity contribution < 1.29 is 19.4 Å². The van der Waals surface area contributed by atoms with E-state index in [-0.39, 0.29) is 29.7 Å². The molecule has 2 aromatic carbocycles. The molecule has 0 saturated heterocycles. The summed E-state index contributed by atoms with van der Waals surface area (Å²) in [5.41, 5.74) is 4.48. The number of Topliss-reactive ketones (excluding diaryl/α,β-unsaturated/α-hetero) is 1. The number of hydrogen-bond acceptors (Lipinski definition) is 5. The lowest BCUT2D eigenvalue weighted by Crippen LogP contribution is -2.33. The van der Waals surface area contributed by atoms with Gasteiger partial charge in [-0.15, -0.1) is 0 Å². The average Bonchev–Trinajstić information content (AvgIpc) is 3.04. The van der Waals surface area contributed by atoms with E-state index in [0.29, 0.717) is 17.9 Å². The Morgan fingerprint density at radius 2 is 1.89 bits per heavy atom. The number of ketones is 1. The van der Waals surface area contributed by atoms with Crippen LogP contribution >= 0.6 is 0 Å². The first-order valence-corrected chi connectivity index (χ1v) is 9.17. The van der Waals surface area contributed by atoms with Gasteiger partial charge in [0.25, 0.3) is 0 Å². The third-order valence-electron chi connectivity index (χ3n) is 5.55. The van der Waals surface area contributed by atoms with Gasteiger partial charge in [-0.2, -0.15) is 0 Å². The first-order chi connectivity index (χ1) is 12.9. The molecular formula is C22H21NO4. The van der Waals surface area contributed by atoms with E-state index in [2.05, 4.69) is 19.2 Å². The van der Waals surface area contributed by atoms with Crippen molar-refractivity contribution in [2.24, 2.45) is 5.41 Å². The summed E-state index contributed by atoms with van der Waals surface area (Å²) in [6.07, 6.45) is 1.32. The van der Waals surface area contributed by atoms with Gasteiger partial charge in [0, 0.05) is 35.4 Å². The molecule has 2 N–H and O–H groups in total. The Bertz CT molecular complexity index is 1010. The van der Waals surface area contributed by atoms with Crippen molar-refractivity contribution >= 4 is 11.5 Å². The Hall–Kier alpha value is -2.95. The Morgan fingerprint density at radius 1 is 1.11 bits per heavy atom. The lowest BCUT2D eigenvalue weighted by molar-refractivity contribution is -0.118. The zero-order valence-corrected chi connectivity index (χ0v) is 15.3. The monoisotopic (exact) mass is 363 g/mol. The maximum atomic E-state index is 13.1. The molecule has 2 heterocycles. The topological polar surface area (TPSA) is 67.8 Å². The van der Waals surface area contributed by atoms with E-state index >= 15 is 0 Å². The third kappa shape index (κ3) is 2.57. The van der Waals surface area contributed by atoms with Gasteiger partial charge in [0.1, 0.15) is 5.75 Å². The van der Waals surface area contributed by atoms with Crippen molar-refractivity contribution in [3.63, 3.8) is 0 Å². The van der Waals surface area contributed by atoms with E-state index in [1.807, 2.05) is 24.3 Å². The van der Waals surface area contributed by atoms with E-state index in [0.717, 1.165) is 34.5 Å². The molecule has 0 aromatic heterocycles. The molecule has 27 heavy (non-hydrogen) atoms. The van der Waals surface area contributed by atoms with Crippen LogP contribution in [0, 0.1) is 5.41 Å². The lowest BCUT2D eigenvalue weighted by Gasteiger charge is -2.39. The van der Waals surface area contributed by atoms with E-state index < -0.39 is 0 Å². The van der Waals surface area contributed by atoms with E-state index in [1.165, 1.54) is 0 Å². The average molecular weight is 363 g/mol. The molecule has 5 rings (SSSR count). The summed E-state index contributed by atoms with van der Waals surface area (Å²) in [6, 6.07) is 11.1. The second kappa shape index (κ2) is 5.52. The lowest BCUT2D eigenvalue weighted by atomic mass is 9.68. The Balaban J connectivity index is 1.74. The Labute approximate surface area is 157 Å². The van der Waals surface area contributed by atoms with Crippen LogP contribution in [-0.4, -0.2) is 17.7 Å². The summed E-state index contributed by atoms with van der Waals surface area (Å²) in [6.45, 7) is 4.44. The maximum absolute atomic E-state index is 13.1. The van der Waals surface area contributed by atoms with E-state index in [1.54, 1.807) is 12.1 Å². The summed E-state index contributed by atoms with van der Waals surface area (Å²) in [7, 11) is 0. The van der Waals surface area contributed by atoms with Crippen LogP contribution in [0.4, 0.5) is 5.69 Å². The van der Waals surface area contributed by atoms with Crippen molar-refractivity contribution in [2.75, 3.05) is 12.1 Å². The first kappa shape index (κ1) is 16.2. The highest BCUT2D eigenvalue weighted by Crippen LogP contribution is 2.51. The smallest absolute Gasteiger partial charge is 0.231 e. The number of carbonyl (C=O) groups excluding carboxylic acids is 1. The van der Waals surface area contributed by atoms with Gasteiger partial charge in [-0.1, -0.05) is 26.0 Å². The SMILES string of the molecule is CC1(C)CC(=O)C2=C(C1)Nc1cc3c(cc1[C@@H]2c1cccc(O)c1)OCO3. The van der Waals surface area contributed by atoms with Gasteiger partial charge in [0.05, 0.1) is 0 Å². The number of aromatic hydroxyl groups is 1. The summed E-state index contributed by atoms with van der Waals surface area (Å²) in [5, 5.41) is 13.5. The minimum absolute atomic E-state index is 0.0832. The minimum Gasteiger partial charge on any atom is -0.508 e. The van der Waals surface area contributed by atoms with Gasteiger partial charge in [-0.25, -0.2) is 0 Å². The number of anilines is 1. The first-order valence-electron chi connectivity index (χ1n) is 9.17. The summed E-state index contributed by atoms with van der Waals surface area (Å²) < 4.78 is 11.1. The molecular weight excluding hydrogens is 342 g/mol. The summed E-state index contributed by atoms with van der Waals surface area (Å²) >= 11 is 0. The number of phenolic OH excluding ortho intramolecular Hbond substituents is 1. The van der Waals surface area contributed by atoms with Gasteiger partial charge >= 0.3 is 0 Å². The van der Waals surface area contributed by atoms with Crippen LogP contribution < -0.4 is 14.8 Å². The number of hydrogen-bond donors (Lipinski definition) is 2. The maximum Gasteiger partial charge on any atom is 0.231 e. The molecule has 2 aliphatic heterocycles. The molecule has 0 unspecified atom stereocenters. The van der Waals surface area contributed by atoms with Crippen molar-refractivity contribution in [3.8, 4) is 17.2 Å². The van der Waals surface area contributed by atoms with Crippen molar-refractivity contribution in [1.82, 2.24) is 0 Å². The second-order valence-corrected chi connectivity index (χ2v) is 8.28. The molecule has 0 amide bonds. The number of fused-ring (bicyclic) bond motifs is 2. The van der Waals surface area contributed by atoms with Crippen LogP contribution in [0.1, 0.15) is 43.7 Å². The van der Waals surface area contributed by atoms with Crippen LogP contribution in [0.25, 0.3) is 0 Å². The molecule has 0 radical (unpaired) electrons.